The van der Waals surface area contributed by atoms with E-state index in [9.17, 15) is 30.8 Å². The average Bonchev–Trinajstić information content (AvgIpc) is 2.81. The fourth-order valence-corrected chi connectivity index (χ4v) is 5.57. The lowest BCUT2D eigenvalue weighted by Gasteiger charge is -2.35. The van der Waals surface area contributed by atoms with Gasteiger partial charge < -0.3 is 4.90 Å². The second-order valence-corrected chi connectivity index (χ2v) is 12.4. The van der Waals surface area contributed by atoms with Crippen molar-refractivity contribution in [3.63, 3.8) is 0 Å². The molecule has 11 heteroatoms. The summed E-state index contributed by atoms with van der Waals surface area (Å²) in [5.74, 6) is -0.378. The quantitative estimate of drug-likeness (QED) is 0.456. The summed E-state index contributed by atoms with van der Waals surface area (Å²) in [6.45, 7) is 8.21. The van der Waals surface area contributed by atoms with Gasteiger partial charge in [-0.15, -0.1) is 0 Å². The zero-order valence-corrected chi connectivity index (χ0v) is 22.1. The number of carbonyl (C=O) groups excluding carboxylic acids is 1. The standard InChI is InChI=1S/C26H33F4N3O3S/c1-25(2,3)18-24(34)32(19-20-7-9-22(27)10-8-20)14-11-31-12-15-33(16-13-31)37(35,36)23-6-4-5-21(17-23)26(28,29)30/h4-10,17H,11-16,18-19H2,1-3H3. The minimum atomic E-state index is -4.63. The van der Waals surface area contributed by atoms with Crippen LogP contribution in [-0.2, 0) is 27.5 Å². The lowest BCUT2D eigenvalue weighted by atomic mass is 9.91. The molecule has 0 atom stereocenters. The molecule has 2 aromatic carbocycles. The summed E-state index contributed by atoms with van der Waals surface area (Å²) < 4.78 is 79.5. The van der Waals surface area contributed by atoms with Gasteiger partial charge in [-0.1, -0.05) is 39.0 Å². The van der Waals surface area contributed by atoms with Gasteiger partial charge in [0.05, 0.1) is 10.5 Å². The number of hydrogen-bond donors (Lipinski definition) is 0. The zero-order valence-electron chi connectivity index (χ0n) is 21.3. The van der Waals surface area contributed by atoms with Crippen molar-refractivity contribution in [2.75, 3.05) is 39.3 Å². The van der Waals surface area contributed by atoms with Crippen LogP contribution >= 0.6 is 0 Å². The van der Waals surface area contributed by atoms with Gasteiger partial charge in [0.1, 0.15) is 5.82 Å². The molecule has 0 unspecified atom stereocenters. The first-order chi connectivity index (χ1) is 17.1. The van der Waals surface area contributed by atoms with Crippen molar-refractivity contribution < 1.29 is 30.8 Å². The number of piperazine rings is 1. The Morgan fingerprint density at radius 1 is 0.973 bits per heavy atom. The van der Waals surface area contributed by atoms with Crippen LogP contribution in [0.1, 0.15) is 38.3 Å². The lowest BCUT2D eigenvalue weighted by molar-refractivity contribution is -0.137. The van der Waals surface area contributed by atoms with Gasteiger partial charge in [-0.25, -0.2) is 12.8 Å². The summed E-state index contributed by atoms with van der Waals surface area (Å²) in [4.78, 5) is 16.4. The Bertz CT molecular complexity index is 1170. The van der Waals surface area contributed by atoms with E-state index in [1.54, 1.807) is 17.0 Å². The molecular weight excluding hydrogens is 510 g/mol. The second-order valence-electron chi connectivity index (χ2n) is 10.5. The molecule has 0 aromatic heterocycles. The molecule has 37 heavy (non-hydrogen) atoms. The smallest absolute Gasteiger partial charge is 0.337 e. The number of benzene rings is 2. The number of carbonyl (C=O) groups is 1. The molecule has 0 aliphatic carbocycles. The van der Waals surface area contributed by atoms with E-state index in [4.69, 9.17) is 0 Å². The van der Waals surface area contributed by atoms with Gasteiger partial charge >= 0.3 is 6.18 Å². The fourth-order valence-electron chi connectivity index (χ4n) is 4.11. The average molecular weight is 544 g/mol. The molecule has 0 radical (unpaired) electrons. The molecule has 0 saturated carbocycles. The Morgan fingerprint density at radius 2 is 1.59 bits per heavy atom. The van der Waals surface area contributed by atoms with Crippen LogP contribution in [0.15, 0.2) is 53.4 Å². The summed E-state index contributed by atoms with van der Waals surface area (Å²) in [5.41, 5.74) is -0.407. The molecule has 0 bridgehead atoms. The number of nitrogens with zero attached hydrogens (tertiary/aromatic N) is 3. The van der Waals surface area contributed by atoms with E-state index in [1.165, 1.54) is 22.5 Å². The SMILES string of the molecule is CC(C)(C)CC(=O)N(CCN1CCN(S(=O)(=O)c2cccc(C(F)(F)F)c2)CC1)Cc1ccc(F)cc1. The van der Waals surface area contributed by atoms with E-state index in [-0.39, 0.29) is 35.1 Å². The van der Waals surface area contributed by atoms with E-state index < -0.39 is 21.8 Å². The van der Waals surface area contributed by atoms with E-state index >= 15 is 0 Å². The number of halogens is 4. The highest BCUT2D eigenvalue weighted by atomic mass is 32.2. The summed E-state index contributed by atoms with van der Waals surface area (Å²) in [6.07, 6.45) is -4.29. The number of rotatable bonds is 8. The summed E-state index contributed by atoms with van der Waals surface area (Å²) in [5, 5.41) is 0. The third-order valence-electron chi connectivity index (χ3n) is 6.14. The molecule has 6 nitrogen and oxygen atoms in total. The maximum atomic E-state index is 13.3. The van der Waals surface area contributed by atoms with Crippen molar-refractivity contribution in [1.29, 1.82) is 0 Å². The van der Waals surface area contributed by atoms with Crippen molar-refractivity contribution in [1.82, 2.24) is 14.1 Å². The van der Waals surface area contributed by atoms with Crippen LogP contribution in [0.2, 0.25) is 0 Å². The number of sulfonamides is 1. The molecule has 2 aromatic rings. The largest absolute Gasteiger partial charge is 0.416 e. The molecule has 1 saturated heterocycles. The van der Waals surface area contributed by atoms with Gasteiger partial charge in [-0.2, -0.15) is 17.5 Å². The Kier molecular flexibility index (Phi) is 9.02. The molecule has 1 amide bonds. The van der Waals surface area contributed by atoms with Crippen LogP contribution in [-0.4, -0.2) is 67.7 Å². The van der Waals surface area contributed by atoms with Crippen LogP contribution < -0.4 is 0 Å². The Labute approximate surface area is 215 Å². The predicted octanol–water partition coefficient (Wildman–Crippen LogP) is 4.62. The molecule has 1 aliphatic heterocycles. The fraction of sp³-hybridized carbons (Fsp3) is 0.500. The van der Waals surface area contributed by atoms with Crippen LogP contribution in [0.25, 0.3) is 0 Å². The lowest BCUT2D eigenvalue weighted by Crippen LogP contribution is -2.50. The zero-order chi connectivity index (χ0) is 27.4. The third-order valence-corrected chi connectivity index (χ3v) is 8.03. The molecule has 0 spiro atoms. The molecule has 3 rings (SSSR count). The highest BCUT2D eigenvalue weighted by Crippen LogP contribution is 2.31. The Hall–Kier alpha value is -2.50. The number of hydrogen-bond acceptors (Lipinski definition) is 4. The van der Waals surface area contributed by atoms with Gasteiger partial charge in [0, 0.05) is 52.2 Å². The first-order valence-electron chi connectivity index (χ1n) is 12.1. The minimum absolute atomic E-state index is 0.0254. The molecule has 0 N–H and O–H groups in total. The normalized spacial score (nSPS) is 16.1. The first-order valence-corrected chi connectivity index (χ1v) is 13.5. The monoisotopic (exact) mass is 543 g/mol. The molecule has 1 fully saturated rings. The van der Waals surface area contributed by atoms with E-state index in [0.29, 0.717) is 45.2 Å². The van der Waals surface area contributed by atoms with Gasteiger partial charge in [0.25, 0.3) is 0 Å². The second kappa shape index (κ2) is 11.5. The maximum Gasteiger partial charge on any atom is 0.416 e. The predicted molar refractivity (Wildman–Crippen MR) is 133 cm³/mol. The third kappa shape index (κ3) is 8.24. The summed E-state index contributed by atoms with van der Waals surface area (Å²) in [7, 11) is -4.07. The van der Waals surface area contributed by atoms with Gasteiger partial charge in [0.2, 0.25) is 15.9 Å². The van der Waals surface area contributed by atoms with Crippen LogP contribution in [0.5, 0.6) is 0 Å². The van der Waals surface area contributed by atoms with Gasteiger partial charge in [0.15, 0.2) is 0 Å². The van der Waals surface area contributed by atoms with Crippen LogP contribution in [0.4, 0.5) is 17.6 Å². The number of amides is 1. The molecule has 1 heterocycles. The van der Waals surface area contributed by atoms with E-state index in [2.05, 4.69) is 0 Å². The van der Waals surface area contributed by atoms with Crippen molar-refractivity contribution in [2.45, 2.75) is 44.8 Å². The Morgan fingerprint density at radius 3 is 2.16 bits per heavy atom. The highest BCUT2D eigenvalue weighted by molar-refractivity contribution is 7.89. The van der Waals surface area contributed by atoms with Crippen molar-refractivity contribution in [3.05, 3.63) is 65.5 Å². The minimum Gasteiger partial charge on any atom is -0.337 e. The summed E-state index contributed by atoms with van der Waals surface area (Å²) in [6, 6.07) is 9.76. The van der Waals surface area contributed by atoms with Gasteiger partial charge in [-0.3, -0.25) is 9.69 Å². The first kappa shape index (κ1) is 29.1. The topological polar surface area (TPSA) is 60.9 Å². The van der Waals surface area contributed by atoms with Gasteiger partial charge in [-0.05, 0) is 41.3 Å². The van der Waals surface area contributed by atoms with E-state index in [0.717, 1.165) is 17.7 Å². The maximum absolute atomic E-state index is 13.3. The van der Waals surface area contributed by atoms with Crippen LogP contribution in [0.3, 0.4) is 0 Å². The molecule has 204 valence electrons. The van der Waals surface area contributed by atoms with Crippen LogP contribution in [0, 0.1) is 11.2 Å². The van der Waals surface area contributed by atoms with Crippen molar-refractivity contribution >= 4 is 15.9 Å². The van der Waals surface area contributed by atoms with Crippen molar-refractivity contribution in [3.8, 4) is 0 Å². The number of alkyl halides is 3. The summed E-state index contributed by atoms with van der Waals surface area (Å²) >= 11 is 0. The highest BCUT2D eigenvalue weighted by Gasteiger charge is 2.34. The Balaban J connectivity index is 1.62. The molecular formula is C26H33F4N3O3S. The van der Waals surface area contributed by atoms with Crippen molar-refractivity contribution in [2.24, 2.45) is 5.41 Å². The molecule has 1 aliphatic rings. The van der Waals surface area contributed by atoms with E-state index in [1.807, 2.05) is 25.7 Å².